The highest BCUT2D eigenvalue weighted by atomic mass is 29.9. The summed E-state index contributed by atoms with van der Waals surface area (Å²) in [4.78, 5) is 0. The summed E-state index contributed by atoms with van der Waals surface area (Å²) < 4.78 is 0. The van der Waals surface area contributed by atoms with E-state index in [0.717, 1.165) is 5.92 Å². The van der Waals surface area contributed by atoms with Gasteiger partial charge in [0.25, 0.3) is 0 Å². The third kappa shape index (κ3) is 5.68. The maximum atomic E-state index is 2.75. The first kappa shape index (κ1) is 23.9. The van der Waals surface area contributed by atoms with E-state index in [1.807, 2.05) is 0 Å². The second-order valence-corrected chi connectivity index (χ2v) is 52.7. The van der Waals surface area contributed by atoms with Crippen LogP contribution in [0.5, 0.6) is 0 Å². The highest BCUT2D eigenvalue weighted by Crippen LogP contribution is 2.50. The summed E-state index contributed by atoms with van der Waals surface area (Å²) in [6.07, 6.45) is 7.80. The Balaban J connectivity index is 0.00000108. The number of hydrogen-bond donors (Lipinski definition) is 0. The summed E-state index contributed by atoms with van der Waals surface area (Å²) >= 11 is 0. The first-order valence-electron chi connectivity index (χ1n) is 10.1. The lowest BCUT2D eigenvalue weighted by Crippen LogP contribution is -2.84. The fourth-order valence-electron chi connectivity index (χ4n) is 6.75. The van der Waals surface area contributed by atoms with Gasteiger partial charge in [0.05, 0.1) is 0 Å². The quantitative estimate of drug-likeness (QED) is 0.433. The van der Waals surface area contributed by atoms with Crippen molar-refractivity contribution in [2.45, 2.75) is 117 Å². The zero-order chi connectivity index (χ0) is 18.7. The Kier molecular flexibility index (Phi) is 8.82. The molecule has 1 aliphatic rings. The summed E-state index contributed by atoms with van der Waals surface area (Å²) in [6, 6.07) is 0. The van der Waals surface area contributed by atoms with Gasteiger partial charge >= 0.3 is 0 Å². The highest BCUT2D eigenvalue weighted by molar-refractivity contribution is 7.89. The van der Waals surface area contributed by atoms with Crippen LogP contribution in [-0.2, 0) is 0 Å². The summed E-state index contributed by atoms with van der Waals surface area (Å²) in [5.74, 6) is 0.833. The minimum Gasteiger partial charge on any atom is -0.0718 e. The Hall–Kier alpha value is 0.868. The van der Waals surface area contributed by atoms with Crippen molar-refractivity contribution in [3.8, 4) is 0 Å². The van der Waals surface area contributed by atoms with Gasteiger partial charge in [-0.15, -0.1) is 0 Å². The van der Waals surface area contributed by atoms with Crippen LogP contribution in [0.1, 0.15) is 52.9 Å². The minimum absolute atomic E-state index is 0.833. The van der Waals surface area contributed by atoms with E-state index in [1.54, 1.807) is 25.7 Å². The topological polar surface area (TPSA) is 0 Å². The molecule has 1 saturated carbocycles. The van der Waals surface area contributed by atoms with Crippen LogP contribution in [0.4, 0.5) is 0 Å². The van der Waals surface area contributed by atoms with E-state index in [-0.39, 0.29) is 0 Å². The van der Waals surface area contributed by atoms with E-state index < -0.39 is 29.4 Å². The molecule has 1 rings (SSSR count). The molecule has 0 spiro atoms. The molecule has 0 amide bonds. The van der Waals surface area contributed by atoms with Gasteiger partial charge in [-0.1, -0.05) is 117 Å². The summed E-state index contributed by atoms with van der Waals surface area (Å²) in [5.41, 5.74) is 1.20. The Bertz CT molecular complexity index is 297. The molecule has 140 valence electrons. The summed E-state index contributed by atoms with van der Waals surface area (Å²) in [6.45, 7) is 30.2. The zero-order valence-electron chi connectivity index (χ0n) is 18.7. The molecule has 4 heteroatoms. The van der Waals surface area contributed by atoms with Crippen LogP contribution in [-0.4, -0.2) is 29.4 Å². The molecule has 0 aromatic carbocycles. The van der Waals surface area contributed by atoms with Crippen molar-refractivity contribution in [3.05, 3.63) is 0 Å². The van der Waals surface area contributed by atoms with Gasteiger partial charge in [-0.3, -0.25) is 0 Å². The summed E-state index contributed by atoms with van der Waals surface area (Å²) in [7, 11) is -3.10. The fourth-order valence-corrected chi connectivity index (χ4v) is 113. The third-order valence-electron chi connectivity index (χ3n) is 5.77. The average Bonchev–Trinajstić information content (AvgIpc) is 2.23. The van der Waals surface area contributed by atoms with E-state index in [1.165, 1.54) is 12.0 Å². The second-order valence-electron chi connectivity index (χ2n) is 11.6. The van der Waals surface area contributed by atoms with Crippen LogP contribution < -0.4 is 0 Å². The molecule has 23 heavy (non-hydrogen) atoms. The van der Waals surface area contributed by atoms with E-state index in [2.05, 4.69) is 79.7 Å². The molecule has 0 aromatic heterocycles. The van der Waals surface area contributed by atoms with Crippen LogP contribution in [0.25, 0.3) is 0 Å². The monoisotopic (exact) mass is 388 g/mol. The molecule has 1 fully saturated rings. The highest BCUT2D eigenvalue weighted by Gasteiger charge is 2.64. The zero-order valence-corrected chi connectivity index (χ0v) is 22.7. The molecule has 0 heterocycles. The second kappa shape index (κ2) is 8.50. The first-order chi connectivity index (χ1) is 10.1. The normalized spacial score (nSPS) is 18.7. The molecule has 0 nitrogen and oxygen atoms in total. The van der Waals surface area contributed by atoms with Gasteiger partial charge in [0.15, 0.2) is 0 Å². The van der Waals surface area contributed by atoms with Crippen molar-refractivity contribution in [1.29, 1.82) is 0 Å². The number of hydrogen-bond acceptors (Lipinski definition) is 0. The van der Waals surface area contributed by atoms with Gasteiger partial charge < -0.3 is 0 Å². The van der Waals surface area contributed by atoms with Gasteiger partial charge in [0.1, 0.15) is 0 Å². The van der Waals surface area contributed by atoms with Crippen molar-refractivity contribution in [1.82, 2.24) is 0 Å². The SMILES string of the molecule is CC(C)C.C[Si](C)(C)[Si](C1CCCCC1)([Si](C)(C)C)[Si](C)(C)C. The smallest absolute Gasteiger partial charge is 0.0406 e. The maximum Gasteiger partial charge on any atom is 0.0406 e. The van der Waals surface area contributed by atoms with Gasteiger partial charge in [0, 0.05) is 29.4 Å². The standard InChI is InChI=1S/C15H38Si4.C4H10/c1-16(2,3)19(17(4,5)6,18(7,8)9)15-13-11-10-12-14-15;1-4(2)3/h15H,10-14H2,1-9H3;4H,1-3H3. The Labute approximate surface area is 152 Å². The molecule has 0 saturated heterocycles. The molecule has 0 aromatic rings. The molecule has 0 bridgehead atoms. The predicted octanol–water partition coefficient (Wildman–Crippen LogP) is 7.68. The molecular weight excluding hydrogens is 341 g/mol. The van der Waals surface area contributed by atoms with Gasteiger partial charge in [-0.05, 0) is 5.92 Å². The molecular formula is C19H48Si4. The van der Waals surface area contributed by atoms with E-state index in [0.29, 0.717) is 0 Å². The molecule has 0 N–H and O–H groups in total. The maximum absolute atomic E-state index is 2.75. The van der Waals surface area contributed by atoms with Crippen molar-refractivity contribution < 1.29 is 0 Å². The van der Waals surface area contributed by atoms with Crippen LogP contribution in [0, 0.1) is 5.92 Å². The largest absolute Gasteiger partial charge is 0.0718 e. The molecule has 0 aliphatic heterocycles. The van der Waals surface area contributed by atoms with Crippen molar-refractivity contribution in [3.63, 3.8) is 0 Å². The Morgan fingerprint density at radius 2 is 0.826 bits per heavy atom. The third-order valence-corrected chi connectivity index (χ3v) is 80.1. The number of rotatable bonds is 4. The minimum atomic E-state index is -1.08. The lowest BCUT2D eigenvalue weighted by molar-refractivity contribution is 0.499. The molecule has 0 atom stereocenters. The van der Waals surface area contributed by atoms with Gasteiger partial charge in [-0.2, -0.15) is 0 Å². The molecule has 0 unspecified atom stereocenters. The van der Waals surface area contributed by atoms with Gasteiger partial charge in [0.2, 0.25) is 0 Å². The average molecular weight is 389 g/mol. The van der Waals surface area contributed by atoms with E-state index in [9.17, 15) is 0 Å². The van der Waals surface area contributed by atoms with E-state index >= 15 is 0 Å². The van der Waals surface area contributed by atoms with Crippen LogP contribution in [0.15, 0.2) is 0 Å². The molecule has 1 aliphatic carbocycles. The lowest BCUT2D eigenvalue weighted by atomic mass is 10.0. The van der Waals surface area contributed by atoms with E-state index in [4.69, 9.17) is 0 Å². The lowest BCUT2D eigenvalue weighted by Gasteiger charge is -2.62. The van der Waals surface area contributed by atoms with Crippen LogP contribution in [0.3, 0.4) is 0 Å². The van der Waals surface area contributed by atoms with Crippen molar-refractivity contribution >= 4 is 29.4 Å². The predicted molar refractivity (Wildman–Crippen MR) is 123 cm³/mol. The van der Waals surface area contributed by atoms with Gasteiger partial charge in [-0.25, -0.2) is 0 Å². The Morgan fingerprint density at radius 3 is 1.04 bits per heavy atom. The fraction of sp³-hybridized carbons (Fsp3) is 1.00. The molecule has 0 radical (unpaired) electrons. The van der Waals surface area contributed by atoms with Crippen LogP contribution >= 0.6 is 0 Å². The first-order valence-corrected chi connectivity index (χ1v) is 25.7. The Morgan fingerprint density at radius 1 is 0.565 bits per heavy atom. The van der Waals surface area contributed by atoms with Crippen molar-refractivity contribution in [2.24, 2.45) is 5.92 Å². The summed E-state index contributed by atoms with van der Waals surface area (Å²) in [5, 5.41) is 0. The van der Waals surface area contributed by atoms with Crippen molar-refractivity contribution in [2.75, 3.05) is 0 Å². The van der Waals surface area contributed by atoms with Crippen LogP contribution in [0.2, 0.25) is 64.5 Å².